The predicted octanol–water partition coefficient (Wildman–Crippen LogP) is 12.5. The molecular formula is C53H35N3O. The molecule has 0 radical (unpaired) electrons. The first kappa shape index (κ1) is 32.1. The third-order valence-corrected chi connectivity index (χ3v) is 12.4. The number of hydrogen-bond donors (Lipinski definition) is 0. The molecule has 4 heteroatoms. The first-order chi connectivity index (χ1) is 28.2. The van der Waals surface area contributed by atoms with Crippen LogP contribution in [0.2, 0.25) is 0 Å². The highest BCUT2D eigenvalue weighted by molar-refractivity contribution is 5.98. The van der Waals surface area contributed by atoms with Gasteiger partial charge in [0.1, 0.15) is 11.5 Å². The number of aromatic nitrogens is 3. The summed E-state index contributed by atoms with van der Waals surface area (Å²) in [5.41, 5.74) is 12.3. The lowest BCUT2D eigenvalue weighted by molar-refractivity contribution is 0.374. The lowest BCUT2D eigenvalue weighted by Crippen LogP contribution is -2.37. The summed E-state index contributed by atoms with van der Waals surface area (Å²) in [6, 6.07) is 54.1. The van der Waals surface area contributed by atoms with Crippen LogP contribution in [0.25, 0.3) is 62.1 Å². The van der Waals surface area contributed by atoms with E-state index in [0.29, 0.717) is 17.5 Å². The maximum atomic E-state index is 6.73. The maximum absolute atomic E-state index is 6.73. The van der Waals surface area contributed by atoms with E-state index >= 15 is 0 Å². The Morgan fingerprint density at radius 1 is 0.509 bits per heavy atom. The summed E-state index contributed by atoms with van der Waals surface area (Å²) in [4.78, 5) is 15.4. The van der Waals surface area contributed by atoms with Gasteiger partial charge in [-0.1, -0.05) is 152 Å². The minimum absolute atomic E-state index is 0.206. The fraction of sp³-hybridized carbons (Fsp3) is 0.0755. The van der Waals surface area contributed by atoms with E-state index in [2.05, 4.69) is 170 Å². The van der Waals surface area contributed by atoms with Gasteiger partial charge in [-0.15, -0.1) is 0 Å². The van der Waals surface area contributed by atoms with Crippen LogP contribution < -0.4 is 4.74 Å². The van der Waals surface area contributed by atoms with Gasteiger partial charge in [-0.3, -0.25) is 0 Å². The third-order valence-electron chi connectivity index (χ3n) is 12.4. The molecule has 0 fully saturated rings. The summed E-state index contributed by atoms with van der Waals surface area (Å²) in [7, 11) is 0. The Kier molecular flexibility index (Phi) is 7.00. The van der Waals surface area contributed by atoms with Crippen molar-refractivity contribution in [2.75, 3.05) is 0 Å². The van der Waals surface area contributed by atoms with Crippen LogP contribution in [0.4, 0.5) is 0 Å². The van der Waals surface area contributed by atoms with Crippen LogP contribution in [0.5, 0.6) is 11.5 Å². The van der Waals surface area contributed by atoms with Crippen molar-refractivity contribution in [1.29, 1.82) is 0 Å². The van der Waals surface area contributed by atoms with Crippen molar-refractivity contribution >= 4 is 16.8 Å². The topological polar surface area (TPSA) is 47.9 Å². The summed E-state index contributed by atoms with van der Waals surface area (Å²) in [6.07, 6.45) is 14.6. The molecule has 0 N–H and O–H groups in total. The first-order valence-corrected chi connectivity index (χ1v) is 19.7. The molecule has 7 aromatic carbocycles. The Morgan fingerprint density at radius 2 is 1.21 bits per heavy atom. The Morgan fingerprint density at radius 3 is 2.12 bits per heavy atom. The van der Waals surface area contributed by atoms with Gasteiger partial charge in [0.25, 0.3) is 0 Å². The number of rotatable bonds is 4. The van der Waals surface area contributed by atoms with Crippen molar-refractivity contribution < 1.29 is 4.74 Å². The predicted molar refractivity (Wildman–Crippen MR) is 229 cm³/mol. The first-order valence-electron chi connectivity index (χ1n) is 19.7. The van der Waals surface area contributed by atoms with Crippen molar-refractivity contribution in [3.63, 3.8) is 0 Å². The molecule has 268 valence electrons. The van der Waals surface area contributed by atoms with Crippen molar-refractivity contribution in [3.05, 3.63) is 215 Å². The van der Waals surface area contributed by atoms with Crippen molar-refractivity contribution in [1.82, 2.24) is 15.0 Å². The molecule has 4 aliphatic rings. The van der Waals surface area contributed by atoms with Crippen LogP contribution in [0.1, 0.15) is 39.3 Å². The average Bonchev–Trinajstić information content (AvgIpc) is 3.57. The highest BCUT2D eigenvalue weighted by Gasteiger charge is 2.56. The fourth-order valence-electron chi connectivity index (χ4n) is 10.0. The van der Waals surface area contributed by atoms with Gasteiger partial charge in [-0.2, -0.15) is 0 Å². The largest absolute Gasteiger partial charge is 0.457 e. The van der Waals surface area contributed by atoms with E-state index in [1.165, 1.54) is 44.2 Å². The molecular weight excluding hydrogens is 695 g/mol. The Hall–Kier alpha value is -7.17. The molecule has 0 bridgehead atoms. The van der Waals surface area contributed by atoms with Gasteiger partial charge < -0.3 is 4.74 Å². The normalized spacial score (nSPS) is 19.2. The molecule has 4 nitrogen and oxygen atoms in total. The fourth-order valence-corrected chi connectivity index (χ4v) is 10.0. The Labute approximate surface area is 331 Å². The van der Waals surface area contributed by atoms with Crippen LogP contribution in [-0.2, 0) is 11.8 Å². The lowest BCUT2D eigenvalue weighted by atomic mass is 9.61. The van der Waals surface area contributed by atoms with Crippen LogP contribution in [-0.4, -0.2) is 15.0 Å². The van der Waals surface area contributed by atoms with E-state index in [-0.39, 0.29) is 11.8 Å². The maximum Gasteiger partial charge on any atom is 0.164 e. The van der Waals surface area contributed by atoms with Crippen molar-refractivity contribution in [3.8, 4) is 56.8 Å². The standard InChI is InChI=1S/C53H35N3O/c1-2-13-34(14-3-1)50-54-51(56-52(55-50)40-30-37-18-10-15-33-16-11-19-38(31-40)49(33)37)39-20-12-17-35(29-39)36-27-28-48-46(32-36)53(45-25-8-9-26-47(45)57-48)43-23-6-4-21-41(43)42-22-5-7-24-44(42)53/h1-15,17-32,41,43H,16H2. The quantitative estimate of drug-likeness (QED) is 0.181. The van der Waals surface area contributed by atoms with Gasteiger partial charge in [0.15, 0.2) is 17.5 Å². The molecule has 0 amide bonds. The van der Waals surface area contributed by atoms with Gasteiger partial charge in [0.05, 0.1) is 5.41 Å². The van der Waals surface area contributed by atoms with E-state index < -0.39 is 5.41 Å². The second-order valence-corrected chi connectivity index (χ2v) is 15.5. The summed E-state index contributed by atoms with van der Waals surface area (Å²) in [6.45, 7) is 0. The van der Waals surface area contributed by atoms with Gasteiger partial charge in [0, 0.05) is 39.7 Å². The highest BCUT2D eigenvalue weighted by Crippen LogP contribution is 2.64. The van der Waals surface area contributed by atoms with Gasteiger partial charge in [-0.25, -0.2) is 15.0 Å². The van der Waals surface area contributed by atoms with E-state index in [1.54, 1.807) is 0 Å². The van der Waals surface area contributed by atoms with Crippen LogP contribution in [0.3, 0.4) is 0 Å². The molecule has 8 aromatic rings. The summed E-state index contributed by atoms with van der Waals surface area (Å²) in [5.74, 6) is 4.24. The summed E-state index contributed by atoms with van der Waals surface area (Å²) < 4.78 is 6.73. The Balaban J connectivity index is 1.02. The number of benzene rings is 7. The molecule has 2 heterocycles. The number of fused-ring (bicyclic) bond motifs is 9. The van der Waals surface area contributed by atoms with Gasteiger partial charge in [0.2, 0.25) is 0 Å². The highest BCUT2D eigenvalue weighted by atomic mass is 16.5. The van der Waals surface area contributed by atoms with Crippen LogP contribution in [0.15, 0.2) is 182 Å². The second kappa shape index (κ2) is 12.4. The number of para-hydroxylation sites is 1. The number of allylic oxidation sites excluding steroid dienone is 5. The smallest absolute Gasteiger partial charge is 0.164 e. The second-order valence-electron chi connectivity index (χ2n) is 15.5. The van der Waals surface area contributed by atoms with Crippen LogP contribution in [0, 0.1) is 5.92 Å². The van der Waals surface area contributed by atoms with E-state index in [1.807, 2.05) is 18.2 Å². The molecule has 3 aliphatic carbocycles. The monoisotopic (exact) mass is 729 g/mol. The zero-order chi connectivity index (χ0) is 37.5. The van der Waals surface area contributed by atoms with Crippen molar-refractivity contribution in [2.45, 2.75) is 17.8 Å². The number of nitrogens with zero attached hydrogens (tertiary/aromatic N) is 3. The lowest BCUT2D eigenvalue weighted by Gasteiger charge is -2.43. The van der Waals surface area contributed by atoms with Crippen molar-refractivity contribution in [2.24, 2.45) is 5.92 Å². The Bertz CT molecular complexity index is 3050. The zero-order valence-corrected chi connectivity index (χ0v) is 31.0. The zero-order valence-electron chi connectivity index (χ0n) is 31.0. The molecule has 1 aromatic heterocycles. The molecule has 0 saturated carbocycles. The summed E-state index contributed by atoms with van der Waals surface area (Å²) in [5, 5.41) is 2.50. The third kappa shape index (κ3) is 4.83. The molecule has 3 atom stereocenters. The minimum atomic E-state index is -0.414. The molecule has 1 spiro atoms. The molecule has 1 aliphatic heterocycles. The molecule has 0 saturated heterocycles. The average molecular weight is 730 g/mol. The van der Waals surface area contributed by atoms with Gasteiger partial charge in [-0.05, 0) is 87.0 Å². The molecule has 57 heavy (non-hydrogen) atoms. The molecule has 12 rings (SSSR count). The molecule has 3 unspecified atom stereocenters. The van der Waals surface area contributed by atoms with E-state index in [9.17, 15) is 0 Å². The van der Waals surface area contributed by atoms with Gasteiger partial charge >= 0.3 is 0 Å². The number of ether oxygens (including phenoxy) is 1. The summed E-state index contributed by atoms with van der Waals surface area (Å²) >= 11 is 0. The SMILES string of the molecule is C1=CC2c3ccccc3C3(c4ccccc4Oc4ccc(-c5cccc(-c6nc(-c7ccccc7)nc(-c7cc8c9c(cccc9c7)CC=C8)n6)c5)cc43)C2C=C1. The number of hydrogen-bond acceptors (Lipinski definition) is 4. The minimum Gasteiger partial charge on any atom is -0.457 e. The van der Waals surface area contributed by atoms with E-state index in [4.69, 9.17) is 19.7 Å². The van der Waals surface area contributed by atoms with Crippen LogP contribution >= 0.6 is 0 Å². The van der Waals surface area contributed by atoms with E-state index in [0.717, 1.165) is 45.7 Å².